The molecule has 2 aliphatic heterocycles. The van der Waals surface area contributed by atoms with Gasteiger partial charge in [0.05, 0.1) is 13.2 Å². The van der Waals surface area contributed by atoms with E-state index in [0.29, 0.717) is 19.2 Å². The Bertz CT molecular complexity index is 792. The van der Waals surface area contributed by atoms with Crippen molar-refractivity contribution in [1.82, 2.24) is 9.97 Å². The van der Waals surface area contributed by atoms with Gasteiger partial charge in [-0.15, -0.1) is 0 Å². The summed E-state index contributed by atoms with van der Waals surface area (Å²) in [5.74, 6) is 1.23. The highest BCUT2D eigenvalue weighted by molar-refractivity contribution is 5.60. The lowest BCUT2D eigenvalue weighted by Gasteiger charge is -2.38. The highest BCUT2D eigenvalue weighted by Crippen LogP contribution is 2.33. The average Bonchev–Trinajstić information content (AvgIpc) is 3.06. The smallest absolute Gasteiger partial charge is 0.229 e. The van der Waals surface area contributed by atoms with E-state index in [9.17, 15) is 0 Å². The van der Waals surface area contributed by atoms with Gasteiger partial charge in [-0.3, -0.25) is 0 Å². The topological polar surface area (TPSA) is 59.5 Å². The molecule has 138 valence electrons. The molecule has 2 saturated heterocycles. The first kappa shape index (κ1) is 17.2. The Balaban J connectivity index is 1.52. The van der Waals surface area contributed by atoms with Gasteiger partial charge in [0.1, 0.15) is 5.82 Å². The average molecular weight is 354 g/mol. The van der Waals surface area contributed by atoms with E-state index in [2.05, 4.69) is 47.2 Å². The number of aromatic nitrogens is 2. The molecule has 3 heterocycles. The van der Waals surface area contributed by atoms with Crippen molar-refractivity contribution < 1.29 is 9.47 Å². The van der Waals surface area contributed by atoms with Gasteiger partial charge in [-0.1, -0.05) is 12.1 Å². The molecule has 0 aliphatic carbocycles. The number of anilines is 3. The van der Waals surface area contributed by atoms with E-state index in [1.54, 1.807) is 0 Å². The Labute approximate surface area is 154 Å². The molecule has 6 heteroatoms. The number of rotatable bonds is 3. The van der Waals surface area contributed by atoms with Gasteiger partial charge in [0.2, 0.25) is 5.95 Å². The van der Waals surface area contributed by atoms with Crippen molar-refractivity contribution in [3.8, 4) is 0 Å². The largest absolute Gasteiger partial charge is 0.356 e. The zero-order chi connectivity index (χ0) is 18.1. The fourth-order valence-electron chi connectivity index (χ4n) is 3.62. The zero-order valence-corrected chi connectivity index (χ0v) is 15.7. The maximum Gasteiger partial charge on any atom is 0.229 e. The van der Waals surface area contributed by atoms with Crippen LogP contribution in [-0.2, 0) is 9.47 Å². The van der Waals surface area contributed by atoms with Crippen molar-refractivity contribution in [2.45, 2.75) is 39.4 Å². The van der Waals surface area contributed by atoms with Crippen LogP contribution in [0.5, 0.6) is 0 Å². The molecule has 1 aromatic carbocycles. The summed E-state index contributed by atoms with van der Waals surface area (Å²) in [6.45, 7) is 9.34. The van der Waals surface area contributed by atoms with Crippen LogP contribution in [0.15, 0.2) is 24.3 Å². The molecule has 2 fully saturated rings. The van der Waals surface area contributed by atoms with Crippen LogP contribution in [0.25, 0.3) is 0 Å². The standard InChI is InChI=1S/C20H26N4O2/c1-14-4-5-15(2)17(12-14)22-19-21-16(3)13-18(23-19)24-8-6-20(7-9-24)25-10-11-26-20/h4-5,12-13H,6-11H2,1-3H3,(H,21,22,23). The highest BCUT2D eigenvalue weighted by Gasteiger charge is 2.40. The van der Waals surface area contributed by atoms with Crippen LogP contribution in [0.4, 0.5) is 17.5 Å². The summed E-state index contributed by atoms with van der Waals surface area (Å²) in [5, 5.41) is 3.38. The zero-order valence-electron chi connectivity index (χ0n) is 15.7. The molecule has 0 atom stereocenters. The molecule has 0 saturated carbocycles. The van der Waals surface area contributed by atoms with Crippen molar-refractivity contribution >= 4 is 17.5 Å². The van der Waals surface area contributed by atoms with Crippen LogP contribution < -0.4 is 10.2 Å². The van der Waals surface area contributed by atoms with Crippen LogP contribution >= 0.6 is 0 Å². The Morgan fingerprint density at radius 1 is 1.00 bits per heavy atom. The molecule has 0 bridgehead atoms. The first-order chi connectivity index (χ1) is 12.5. The van der Waals surface area contributed by atoms with Gasteiger partial charge in [-0.25, -0.2) is 4.98 Å². The Hall–Kier alpha value is -2.18. The van der Waals surface area contributed by atoms with Gasteiger partial charge >= 0.3 is 0 Å². The summed E-state index contributed by atoms with van der Waals surface area (Å²) in [6, 6.07) is 8.39. The molecule has 2 aromatic rings. The quantitative estimate of drug-likeness (QED) is 0.910. The van der Waals surface area contributed by atoms with Gasteiger partial charge < -0.3 is 19.7 Å². The van der Waals surface area contributed by atoms with Crippen LogP contribution in [-0.4, -0.2) is 42.1 Å². The van der Waals surface area contributed by atoms with Crippen molar-refractivity contribution in [1.29, 1.82) is 0 Å². The third-order valence-electron chi connectivity index (χ3n) is 5.14. The second kappa shape index (κ2) is 6.85. The normalized spacial score (nSPS) is 19.1. The van der Waals surface area contributed by atoms with Crippen LogP contribution in [0.3, 0.4) is 0 Å². The minimum Gasteiger partial charge on any atom is -0.356 e. The molecule has 0 unspecified atom stereocenters. The van der Waals surface area contributed by atoms with Crippen LogP contribution in [0.1, 0.15) is 29.7 Å². The molecule has 6 nitrogen and oxygen atoms in total. The number of aryl methyl sites for hydroxylation is 3. The van der Waals surface area contributed by atoms with Crippen molar-refractivity contribution in [3.63, 3.8) is 0 Å². The van der Waals surface area contributed by atoms with Gasteiger partial charge in [0.25, 0.3) is 0 Å². The lowest BCUT2D eigenvalue weighted by molar-refractivity contribution is -0.169. The summed E-state index contributed by atoms with van der Waals surface area (Å²) < 4.78 is 11.6. The second-order valence-electron chi connectivity index (χ2n) is 7.23. The molecule has 0 amide bonds. The SMILES string of the molecule is Cc1ccc(C)c(Nc2nc(C)cc(N3CCC4(CC3)OCCO4)n2)c1. The third-order valence-corrected chi connectivity index (χ3v) is 5.14. The summed E-state index contributed by atoms with van der Waals surface area (Å²) in [5.41, 5.74) is 4.39. The Morgan fingerprint density at radius 2 is 1.73 bits per heavy atom. The maximum absolute atomic E-state index is 5.82. The number of ether oxygens (including phenoxy) is 2. The summed E-state index contributed by atoms with van der Waals surface area (Å²) in [7, 11) is 0. The molecule has 1 aromatic heterocycles. The van der Waals surface area contributed by atoms with E-state index >= 15 is 0 Å². The lowest BCUT2D eigenvalue weighted by atomic mass is 10.0. The van der Waals surface area contributed by atoms with Crippen LogP contribution in [0, 0.1) is 20.8 Å². The lowest BCUT2D eigenvalue weighted by Crippen LogP contribution is -2.45. The number of hydrogen-bond donors (Lipinski definition) is 1. The Morgan fingerprint density at radius 3 is 2.46 bits per heavy atom. The van der Waals surface area contributed by atoms with E-state index in [1.807, 2.05) is 13.0 Å². The van der Waals surface area contributed by atoms with Crippen molar-refractivity contribution in [3.05, 3.63) is 41.1 Å². The van der Waals surface area contributed by atoms with Gasteiger partial charge in [-0.2, -0.15) is 4.98 Å². The predicted octanol–water partition coefficient (Wildman–Crippen LogP) is 3.49. The number of nitrogens with zero attached hydrogens (tertiary/aromatic N) is 3. The number of hydrogen-bond acceptors (Lipinski definition) is 6. The summed E-state index contributed by atoms with van der Waals surface area (Å²) in [4.78, 5) is 11.6. The fraction of sp³-hybridized carbons (Fsp3) is 0.500. The van der Waals surface area contributed by atoms with Crippen LogP contribution in [0.2, 0.25) is 0 Å². The minimum atomic E-state index is -0.363. The number of benzene rings is 1. The fourth-order valence-corrected chi connectivity index (χ4v) is 3.62. The third kappa shape index (κ3) is 3.52. The molecule has 1 N–H and O–H groups in total. The molecule has 4 rings (SSSR count). The minimum absolute atomic E-state index is 0.363. The molecular formula is C20H26N4O2. The van der Waals surface area contributed by atoms with Crippen molar-refractivity contribution in [2.24, 2.45) is 0 Å². The maximum atomic E-state index is 5.82. The monoisotopic (exact) mass is 354 g/mol. The van der Waals surface area contributed by atoms with Gasteiger partial charge in [0, 0.05) is 43.4 Å². The molecular weight excluding hydrogens is 328 g/mol. The van der Waals surface area contributed by atoms with E-state index in [0.717, 1.165) is 43.1 Å². The van der Waals surface area contributed by atoms with Gasteiger partial charge in [0.15, 0.2) is 5.79 Å². The molecule has 0 radical (unpaired) electrons. The molecule has 1 spiro atoms. The summed E-state index contributed by atoms with van der Waals surface area (Å²) >= 11 is 0. The molecule has 2 aliphatic rings. The number of piperidine rings is 1. The van der Waals surface area contributed by atoms with Gasteiger partial charge in [-0.05, 0) is 38.0 Å². The van der Waals surface area contributed by atoms with E-state index in [1.165, 1.54) is 11.1 Å². The predicted molar refractivity (Wildman–Crippen MR) is 102 cm³/mol. The molecule has 26 heavy (non-hydrogen) atoms. The van der Waals surface area contributed by atoms with E-state index in [4.69, 9.17) is 14.5 Å². The highest BCUT2D eigenvalue weighted by atomic mass is 16.7. The van der Waals surface area contributed by atoms with Crippen molar-refractivity contribution in [2.75, 3.05) is 36.5 Å². The summed E-state index contributed by atoms with van der Waals surface area (Å²) in [6.07, 6.45) is 1.74. The van der Waals surface area contributed by atoms with E-state index < -0.39 is 0 Å². The first-order valence-electron chi connectivity index (χ1n) is 9.26. The first-order valence-corrected chi connectivity index (χ1v) is 9.26. The Kier molecular flexibility index (Phi) is 4.54. The number of nitrogens with one attached hydrogen (secondary N) is 1. The second-order valence-corrected chi connectivity index (χ2v) is 7.23. The van der Waals surface area contributed by atoms with E-state index in [-0.39, 0.29) is 5.79 Å².